The van der Waals surface area contributed by atoms with Crippen molar-refractivity contribution in [3.63, 3.8) is 0 Å². The maximum atomic E-state index is 11.9. The Kier molecular flexibility index (Phi) is 4.20. The van der Waals surface area contributed by atoms with Crippen molar-refractivity contribution in [2.45, 2.75) is 13.8 Å². The Morgan fingerprint density at radius 2 is 1.94 bits per heavy atom. The largest absolute Gasteiger partial charge is 0.481 e. The number of aliphatic carboxylic acids is 1. The van der Waals surface area contributed by atoms with Crippen molar-refractivity contribution in [3.05, 3.63) is 23.9 Å². The summed E-state index contributed by atoms with van der Waals surface area (Å²) in [6, 6.07) is 3.16. The molecule has 0 saturated carbocycles. The fourth-order valence-electron chi connectivity index (χ4n) is 1.35. The number of carboxylic acid groups (broad SMARTS) is 1. The number of pyridine rings is 1. The first-order valence-corrected chi connectivity index (χ1v) is 5.24. The Labute approximate surface area is 99.4 Å². The predicted octanol–water partition coefficient (Wildman–Crippen LogP) is 1.63. The summed E-state index contributed by atoms with van der Waals surface area (Å²) in [5.41, 5.74) is 0.395. The number of carbonyl (C=O) groups excluding carboxylic acids is 1. The van der Waals surface area contributed by atoms with Gasteiger partial charge in [0.25, 0.3) is 0 Å². The predicted molar refractivity (Wildman–Crippen MR) is 61.1 cm³/mol. The van der Waals surface area contributed by atoms with Gasteiger partial charge in [0.15, 0.2) is 5.78 Å². The fraction of sp³-hybridized carbons (Fsp3) is 0.417. The number of aromatic nitrogens is 1. The normalized spacial score (nSPS) is 13.8. The third-order valence-electron chi connectivity index (χ3n) is 2.78. The third kappa shape index (κ3) is 3.03. The molecule has 0 saturated heterocycles. The van der Waals surface area contributed by atoms with E-state index in [1.165, 1.54) is 20.2 Å². The van der Waals surface area contributed by atoms with Gasteiger partial charge in [-0.2, -0.15) is 0 Å². The molecule has 0 radical (unpaired) electrons. The number of ether oxygens (including phenoxy) is 1. The molecule has 0 aliphatic heterocycles. The summed E-state index contributed by atoms with van der Waals surface area (Å²) in [5.74, 6) is -2.09. The van der Waals surface area contributed by atoms with Crippen molar-refractivity contribution < 1.29 is 19.4 Å². The fourth-order valence-corrected chi connectivity index (χ4v) is 1.35. The van der Waals surface area contributed by atoms with Crippen molar-refractivity contribution in [1.29, 1.82) is 0 Å². The smallest absolute Gasteiger partial charge is 0.306 e. The van der Waals surface area contributed by atoms with Crippen LogP contribution in [0.25, 0.3) is 0 Å². The molecule has 0 aliphatic rings. The molecule has 0 amide bonds. The topological polar surface area (TPSA) is 76.5 Å². The van der Waals surface area contributed by atoms with Gasteiger partial charge in [0.05, 0.1) is 13.0 Å². The van der Waals surface area contributed by atoms with Gasteiger partial charge in [0.1, 0.15) is 0 Å². The van der Waals surface area contributed by atoms with E-state index in [1.807, 2.05) is 0 Å². The highest BCUT2D eigenvalue weighted by molar-refractivity contribution is 5.99. The van der Waals surface area contributed by atoms with E-state index in [2.05, 4.69) is 4.98 Å². The first kappa shape index (κ1) is 13.2. The highest BCUT2D eigenvalue weighted by Crippen LogP contribution is 2.18. The Balaban J connectivity index is 2.85. The number of rotatable bonds is 5. The SMILES string of the molecule is COc1ccc(C(=O)C(C)C(C)C(=O)O)cn1. The lowest BCUT2D eigenvalue weighted by atomic mass is 9.89. The van der Waals surface area contributed by atoms with Gasteiger partial charge >= 0.3 is 5.97 Å². The van der Waals surface area contributed by atoms with Gasteiger partial charge in [-0.25, -0.2) is 4.98 Å². The molecular formula is C12H15NO4. The zero-order valence-electron chi connectivity index (χ0n) is 10.0. The average molecular weight is 237 g/mol. The van der Waals surface area contributed by atoms with Gasteiger partial charge in [-0.3, -0.25) is 9.59 Å². The maximum Gasteiger partial charge on any atom is 0.306 e. The summed E-state index contributed by atoms with van der Waals surface area (Å²) < 4.78 is 4.88. The highest BCUT2D eigenvalue weighted by Gasteiger charge is 2.26. The summed E-state index contributed by atoms with van der Waals surface area (Å²) in [6.07, 6.45) is 1.40. The number of Topliss-reactive ketones (excluding diaryl/α,β-unsaturated/α-hetero) is 1. The molecule has 1 aromatic heterocycles. The number of ketones is 1. The van der Waals surface area contributed by atoms with Crippen molar-refractivity contribution in [1.82, 2.24) is 4.98 Å². The van der Waals surface area contributed by atoms with Crippen molar-refractivity contribution in [2.24, 2.45) is 11.8 Å². The molecule has 0 aliphatic carbocycles. The zero-order chi connectivity index (χ0) is 13.0. The number of carboxylic acids is 1. The number of carbonyl (C=O) groups is 2. The number of methoxy groups -OCH3 is 1. The molecule has 5 heteroatoms. The molecular weight excluding hydrogens is 222 g/mol. The van der Waals surface area contributed by atoms with Gasteiger partial charge in [0.2, 0.25) is 5.88 Å². The molecule has 2 unspecified atom stereocenters. The van der Waals surface area contributed by atoms with E-state index in [1.54, 1.807) is 19.1 Å². The molecule has 1 aromatic rings. The minimum atomic E-state index is -0.979. The summed E-state index contributed by atoms with van der Waals surface area (Å²) in [7, 11) is 1.49. The summed E-state index contributed by atoms with van der Waals surface area (Å²) in [6.45, 7) is 3.12. The van der Waals surface area contributed by atoms with Gasteiger partial charge in [-0.15, -0.1) is 0 Å². The van der Waals surface area contributed by atoms with E-state index >= 15 is 0 Å². The van der Waals surface area contributed by atoms with E-state index < -0.39 is 17.8 Å². The van der Waals surface area contributed by atoms with Crippen LogP contribution in [0.3, 0.4) is 0 Å². The van der Waals surface area contributed by atoms with Crippen LogP contribution in [0.1, 0.15) is 24.2 Å². The Morgan fingerprint density at radius 3 is 2.35 bits per heavy atom. The number of hydrogen-bond donors (Lipinski definition) is 1. The second-order valence-electron chi connectivity index (χ2n) is 3.87. The molecule has 0 spiro atoms. The van der Waals surface area contributed by atoms with Gasteiger partial charge < -0.3 is 9.84 Å². The minimum absolute atomic E-state index is 0.227. The number of hydrogen-bond acceptors (Lipinski definition) is 4. The van der Waals surface area contributed by atoms with Crippen LogP contribution >= 0.6 is 0 Å². The van der Waals surface area contributed by atoms with Gasteiger partial charge in [0, 0.05) is 23.7 Å². The van der Waals surface area contributed by atoms with E-state index in [0.717, 1.165) is 0 Å². The first-order chi connectivity index (χ1) is 7.97. The van der Waals surface area contributed by atoms with Crippen molar-refractivity contribution in [3.8, 4) is 5.88 Å². The highest BCUT2D eigenvalue weighted by atomic mass is 16.5. The maximum absolute atomic E-state index is 11.9. The standard InChI is InChI=1S/C12H15NO4/c1-7(8(2)12(15)16)11(14)9-4-5-10(17-3)13-6-9/h4-8H,1-3H3,(H,15,16). The van der Waals surface area contributed by atoms with Crippen LogP contribution in [0.15, 0.2) is 18.3 Å². The molecule has 1 rings (SSSR count). The lowest BCUT2D eigenvalue weighted by Gasteiger charge is -2.14. The molecule has 0 bridgehead atoms. The molecule has 5 nitrogen and oxygen atoms in total. The lowest BCUT2D eigenvalue weighted by molar-refractivity contribution is -0.142. The molecule has 2 atom stereocenters. The summed E-state index contributed by atoms with van der Waals surface area (Å²) in [4.78, 5) is 26.6. The molecule has 1 N–H and O–H groups in total. The van der Waals surface area contributed by atoms with Crippen molar-refractivity contribution >= 4 is 11.8 Å². The van der Waals surface area contributed by atoms with Crippen LogP contribution in [-0.2, 0) is 4.79 Å². The second kappa shape index (κ2) is 5.43. The van der Waals surface area contributed by atoms with Crippen LogP contribution in [-0.4, -0.2) is 29.0 Å². The van der Waals surface area contributed by atoms with Crippen LogP contribution in [0.4, 0.5) is 0 Å². The van der Waals surface area contributed by atoms with E-state index in [4.69, 9.17) is 9.84 Å². The quantitative estimate of drug-likeness (QED) is 0.787. The zero-order valence-corrected chi connectivity index (χ0v) is 10.0. The summed E-state index contributed by atoms with van der Waals surface area (Å²) in [5, 5.41) is 8.84. The van der Waals surface area contributed by atoms with Crippen LogP contribution < -0.4 is 4.74 Å². The van der Waals surface area contributed by atoms with Crippen LogP contribution in [0, 0.1) is 11.8 Å². The molecule has 92 valence electrons. The number of nitrogens with zero attached hydrogens (tertiary/aromatic N) is 1. The van der Waals surface area contributed by atoms with E-state index in [-0.39, 0.29) is 5.78 Å². The average Bonchev–Trinajstić information content (AvgIpc) is 2.36. The second-order valence-corrected chi connectivity index (χ2v) is 3.87. The Bertz CT molecular complexity index is 413. The van der Waals surface area contributed by atoms with E-state index in [9.17, 15) is 9.59 Å². The molecule has 0 aromatic carbocycles. The summed E-state index contributed by atoms with van der Waals surface area (Å²) >= 11 is 0. The van der Waals surface area contributed by atoms with Crippen LogP contribution in [0.2, 0.25) is 0 Å². The molecule has 17 heavy (non-hydrogen) atoms. The van der Waals surface area contributed by atoms with E-state index in [0.29, 0.717) is 11.4 Å². The third-order valence-corrected chi connectivity index (χ3v) is 2.78. The molecule has 0 fully saturated rings. The van der Waals surface area contributed by atoms with Gasteiger partial charge in [-0.05, 0) is 6.07 Å². The Morgan fingerprint density at radius 1 is 1.29 bits per heavy atom. The van der Waals surface area contributed by atoms with Crippen molar-refractivity contribution in [2.75, 3.05) is 7.11 Å². The minimum Gasteiger partial charge on any atom is -0.481 e. The van der Waals surface area contributed by atoms with Crippen LogP contribution in [0.5, 0.6) is 5.88 Å². The lowest BCUT2D eigenvalue weighted by Crippen LogP contribution is -2.25. The Hall–Kier alpha value is -1.91. The molecule has 1 heterocycles. The monoisotopic (exact) mass is 237 g/mol. The first-order valence-electron chi connectivity index (χ1n) is 5.24. The van der Waals surface area contributed by atoms with Gasteiger partial charge in [-0.1, -0.05) is 13.8 Å².